The molecule has 0 spiro atoms. The summed E-state index contributed by atoms with van der Waals surface area (Å²) in [5, 5.41) is 8.95. The highest BCUT2D eigenvalue weighted by atomic mass is 127. The van der Waals surface area contributed by atoms with E-state index >= 15 is 0 Å². The number of methoxy groups -OCH3 is 1. The minimum atomic E-state index is -0.147. The Kier molecular flexibility index (Phi) is 9.01. The van der Waals surface area contributed by atoms with Crippen molar-refractivity contribution in [2.45, 2.75) is 45.3 Å². The summed E-state index contributed by atoms with van der Waals surface area (Å²) >= 11 is 1.75. The molecule has 154 valence electrons. The number of hydrogen-bond donors (Lipinski definition) is 2. The minimum absolute atomic E-state index is 0. The zero-order valence-corrected chi connectivity index (χ0v) is 20.3. The highest BCUT2D eigenvalue weighted by molar-refractivity contribution is 14.0. The van der Waals surface area contributed by atoms with Gasteiger partial charge in [-0.15, -0.1) is 35.3 Å². The van der Waals surface area contributed by atoms with Crippen LogP contribution < -0.4 is 10.6 Å². The predicted molar refractivity (Wildman–Crippen MR) is 123 cm³/mol. The number of amides is 1. The van der Waals surface area contributed by atoms with Crippen LogP contribution in [0.15, 0.2) is 22.5 Å². The van der Waals surface area contributed by atoms with E-state index in [1.807, 2.05) is 0 Å². The van der Waals surface area contributed by atoms with Crippen LogP contribution >= 0.6 is 35.3 Å². The molecule has 8 heteroatoms. The first kappa shape index (κ1) is 24.2. The Bertz CT molecular complexity index is 634. The van der Waals surface area contributed by atoms with Crippen LogP contribution in [-0.4, -0.2) is 62.7 Å². The zero-order valence-electron chi connectivity index (χ0n) is 17.2. The van der Waals surface area contributed by atoms with Gasteiger partial charge in [0.1, 0.15) is 6.54 Å². The van der Waals surface area contributed by atoms with Crippen LogP contribution in [0.2, 0.25) is 0 Å². The number of nitrogens with zero attached hydrogens (tertiary/aromatic N) is 2. The van der Waals surface area contributed by atoms with Crippen LogP contribution in [0.1, 0.15) is 32.1 Å². The molecule has 0 saturated heterocycles. The van der Waals surface area contributed by atoms with Crippen molar-refractivity contribution in [3.63, 3.8) is 0 Å². The summed E-state index contributed by atoms with van der Waals surface area (Å²) < 4.78 is 5.70. The Morgan fingerprint density at radius 2 is 2.11 bits per heavy atom. The van der Waals surface area contributed by atoms with Gasteiger partial charge in [0.05, 0.1) is 5.60 Å². The molecule has 2 unspecified atom stereocenters. The molecule has 1 aromatic heterocycles. The number of guanidine groups is 1. The predicted octanol–water partition coefficient (Wildman–Crippen LogP) is 2.74. The molecule has 1 saturated carbocycles. The van der Waals surface area contributed by atoms with Gasteiger partial charge in [-0.05, 0) is 31.2 Å². The number of carbonyl (C=O) groups excluding carboxylic acids is 1. The minimum Gasteiger partial charge on any atom is -0.378 e. The summed E-state index contributed by atoms with van der Waals surface area (Å²) in [4.78, 5) is 19.3. The normalized spacial score (nSPS) is 23.8. The molecule has 2 rings (SSSR count). The second kappa shape index (κ2) is 10.1. The van der Waals surface area contributed by atoms with Gasteiger partial charge in [-0.3, -0.25) is 4.79 Å². The molecule has 1 fully saturated rings. The van der Waals surface area contributed by atoms with E-state index in [2.05, 4.69) is 53.9 Å². The van der Waals surface area contributed by atoms with Gasteiger partial charge in [0, 0.05) is 44.1 Å². The Morgan fingerprint density at radius 3 is 2.63 bits per heavy atom. The smallest absolute Gasteiger partial charge is 0.243 e. The Morgan fingerprint density at radius 1 is 1.41 bits per heavy atom. The largest absolute Gasteiger partial charge is 0.378 e. The average molecular weight is 508 g/mol. The fourth-order valence-electron chi connectivity index (χ4n) is 3.09. The van der Waals surface area contributed by atoms with Crippen molar-refractivity contribution < 1.29 is 9.53 Å². The van der Waals surface area contributed by atoms with E-state index in [9.17, 15) is 4.79 Å². The first-order valence-electron chi connectivity index (χ1n) is 9.02. The van der Waals surface area contributed by atoms with Gasteiger partial charge in [0.25, 0.3) is 0 Å². The quantitative estimate of drug-likeness (QED) is 0.338. The second-order valence-electron chi connectivity index (χ2n) is 7.77. The fraction of sp³-hybridized carbons (Fsp3) is 0.684. The number of nitrogens with one attached hydrogen (secondary N) is 2. The molecule has 0 bridgehead atoms. The Labute approximate surface area is 184 Å². The van der Waals surface area contributed by atoms with Gasteiger partial charge in [0.15, 0.2) is 5.96 Å². The molecule has 0 radical (unpaired) electrons. The molecule has 27 heavy (non-hydrogen) atoms. The standard InChI is InChI=1S/C19H32N4O2S.HI/c1-18(2)15(12-19(18,3)25-6)22-17(21-13-16(24)23(4)5)20-10-9-14-8-7-11-26-14;/h7-8,11,15H,9-10,12-13H2,1-6H3,(H2,20,21,22);1H. The Balaban J connectivity index is 0.00000364. The van der Waals surface area contributed by atoms with Crippen LogP contribution in [-0.2, 0) is 16.0 Å². The van der Waals surface area contributed by atoms with E-state index in [0.29, 0.717) is 5.96 Å². The molecule has 1 aromatic rings. The molecular weight excluding hydrogens is 475 g/mol. The SMILES string of the molecule is COC1(C)CC(NC(=NCC(=O)N(C)C)NCCc2cccs2)C1(C)C.I. The summed E-state index contributed by atoms with van der Waals surface area (Å²) in [6.07, 6.45) is 1.84. The summed E-state index contributed by atoms with van der Waals surface area (Å²) in [7, 11) is 5.25. The number of halogens is 1. The molecule has 6 nitrogen and oxygen atoms in total. The highest BCUT2D eigenvalue weighted by Crippen LogP contribution is 2.51. The van der Waals surface area contributed by atoms with Crippen LogP contribution in [0.4, 0.5) is 0 Å². The van der Waals surface area contributed by atoms with E-state index in [4.69, 9.17) is 4.74 Å². The van der Waals surface area contributed by atoms with Crippen LogP contribution in [0.3, 0.4) is 0 Å². The third kappa shape index (κ3) is 5.80. The lowest BCUT2D eigenvalue weighted by molar-refractivity contribution is -0.176. The van der Waals surface area contributed by atoms with Crippen molar-refractivity contribution in [3.8, 4) is 0 Å². The van der Waals surface area contributed by atoms with Gasteiger partial charge in [-0.25, -0.2) is 4.99 Å². The summed E-state index contributed by atoms with van der Waals surface area (Å²) in [5.41, 5.74) is -0.171. The van der Waals surface area contributed by atoms with Gasteiger partial charge in [-0.1, -0.05) is 19.9 Å². The third-order valence-corrected chi connectivity index (χ3v) is 6.64. The molecule has 1 heterocycles. The molecular formula is C19H33IN4O2S. The van der Waals surface area contributed by atoms with Crippen molar-refractivity contribution in [1.29, 1.82) is 0 Å². The molecule has 0 aliphatic heterocycles. The highest BCUT2D eigenvalue weighted by Gasteiger charge is 2.58. The molecule has 1 amide bonds. The number of carbonyl (C=O) groups is 1. The molecule has 2 N–H and O–H groups in total. The van der Waals surface area contributed by atoms with E-state index in [1.165, 1.54) is 4.88 Å². The lowest BCUT2D eigenvalue weighted by Crippen LogP contribution is -2.69. The first-order chi connectivity index (χ1) is 12.2. The van der Waals surface area contributed by atoms with Crippen molar-refractivity contribution in [2.75, 3.05) is 34.3 Å². The number of hydrogen-bond acceptors (Lipinski definition) is 4. The monoisotopic (exact) mass is 508 g/mol. The van der Waals surface area contributed by atoms with Crippen molar-refractivity contribution >= 4 is 47.2 Å². The van der Waals surface area contributed by atoms with Gasteiger partial charge in [0.2, 0.25) is 5.91 Å². The zero-order chi connectivity index (χ0) is 19.4. The fourth-order valence-corrected chi connectivity index (χ4v) is 3.80. The molecule has 1 aliphatic carbocycles. The van der Waals surface area contributed by atoms with Crippen LogP contribution in [0.5, 0.6) is 0 Å². The Hall–Kier alpha value is -0.870. The second-order valence-corrected chi connectivity index (χ2v) is 8.80. The maximum atomic E-state index is 11.9. The summed E-state index contributed by atoms with van der Waals surface area (Å²) in [5.74, 6) is 0.673. The van der Waals surface area contributed by atoms with Crippen LogP contribution in [0, 0.1) is 5.41 Å². The number of thiophene rings is 1. The van der Waals surface area contributed by atoms with E-state index in [0.717, 1.165) is 19.4 Å². The summed E-state index contributed by atoms with van der Waals surface area (Å²) in [6.45, 7) is 7.45. The van der Waals surface area contributed by atoms with E-state index in [-0.39, 0.29) is 53.5 Å². The molecule has 1 aliphatic rings. The summed E-state index contributed by atoms with van der Waals surface area (Å²) in [6, 6.07) is 4.44. The van der Waals surface area contributed by atoms with E-state index < -0.39 is 0 Å². The third-order valence-electron chi connectivity index (χ3n) is 5.70. The maximum Gasteiger partial charge on any atom is 0.243 e. The first-order valence-corrected chi connectivity index (χ1v) is 9.90. The molecule has 2 atom stereocenters. The molecule has 0 aromatic carbocycles. The maximum absolute atomic E-state index is 11.9. The van der Waals surface area contributed by atoms with Crippen LogP contribution in [0.25, 0.3) is 0 Å². The van der Waals surface area contributed by atoms with Gasteiger partial charge >= 0.3 is 0 Å². The average Bonchev–Trinajstić information content (AvgIpc) is 3.11. The lowest BCUT2D eigenvalue weighted by atomic mass is 9.56. The topological polar surface area (TPSA) is 66.0 Å². The van der Waals surface area contributed by atoms with Crippen molar-refractivity contribution in [2.24, 2.45) is 10.4 Å². The number of rotatable bonds is 7. The van der Waals surface area contributed by atoms with Crippen molar-refractivity contribution in [1.82, 2.24) is 15.5 Å². The van der Waals surface area contributed by atoms with E-state index in [1.54, 1.807) is 37.4 Å². The van der Waals surface area contributed by atoms with Gasteiger partial charge < -0.3 is 20.3 Å². The number of ether oxygens (including phenoxy) is 1. The van der Waals surface area contributed by atoms with Gasteiger partial charge in [-0.2, -0.15) is 0 Å². The number of likely N-dealkylation sites (N-methyl/N-ethyl adjacent to an activating group) is 1. The van der Waals surface area contributed by atoms with Crippen molar-refractivity contribution in [3.05, 3.63) is 22.4 Å². The lowest BCUT2D eigenvalue weighted by Gasteiger charge is -2.59. The number of aliphatic imine (C=N–C) groups is 1.